The van der Waals surface area contributed by atoms with Gasteiger partial charge in [0.15, 0.2) is 0 Å². The minimum atomic E-state index is -0.199. The standard InChI is InChI=1S/C23H26ClN5O3/c24-17-1-2-19(27-14-17)16-32-21-5-10-29(23(30)13-21)20-3-4-22(28-15-20)26-9-8-25-18-6-11-31-12-7-18/h1-5,10,13-15,18,25H,6-9,11-12,16H2,(H,26,28). The fourth-order valence-electron chi connectivity index (χ4n) is 3.41. The van der Waals surface area contributed by atoms with Gasteiger partial charge in [0, 0.05) is 50.8 Å². The highest BCUT2D eigenvalue weighted by atomic mass is 35.5. The summed E-state index contributed by atoms with van der Waals surface area (Å²) >= 11 is 5.83. The maximum atomic E-state index is 12.5. The van der Waals surface area contributed by atoms with Crippen LogP contribution in [0.4, 0.5) is 5.82 Å². The zero-order chi connectivity index (χ0) is 22.2. The van der Waals surface area contributed by atoms with Crippen molar-refractivity contribution >= 4 is 17.4 Å². The van der Waals surface area contributed by atoms with E-state index in [4.69, 9.17) is 21.1 Å². The number of nitrogens with one attached hydrogen (secondary N) is 2. The lowest BCUT2D eigenvalue weighted by atomic mass is 10.1. The molecule has 0 spiro atoms. The van der Waals surface area contributed by atoms with Gasteiger partial charge in [0.05, 0.1) is 22.6 Å². The molecule has 1 aliphatic rings. The minimum absolute atomic E-state index is 0.199. The molecule has 4 heterocycles. The molecule has 1 aliphatic heterocycles. The third kappa shape index (κ3) is 6.29. The van der Waals surface area contributed by atoms with Gasteiger partial charge in [-0.3, -0.25) is 14.3 Å². The Labute approximate surface area is 191 Å². The summed E-state index contributed by atoms with van der Waals surface area (Å²) in [6.07, 6.45) is 7.03. The number of ether oxygens (including phenoxy) is 2. The average molecular weight is 456 g/mol. The fraction of sp³-hybridized carbons (Fsp3) is 0.348. The molecule has 0 bridgehead atoms. The smallest absolute Gasteiger partial charge is 0.258 e. The predicted octanol–water partition coefficient (Wildman–Crippen LogP) is 3.04. The molecule has 0 radical (unpaired) electrons. The van der Waals surface area contributed by atoms with E-state index in [1.165, 1.54) is 10.6 Å². The molecule has 0 aromatic carbocycles. The summed E-state index contributed by atoms with van der Waals surface area (Å²) in [7, 11) is 0. The molecule has 1 saturated heterocycles. The molecule has 2 N–H and O–H groups in total. The van der Waals surface area contributed by atoms with Crippen molar-refractivity contribution in [2.75, 3.05) is 31.6 Å². The van der Waals surface area contributed by atoms with Gasteiger partial charge in [0.2, 0.25) is 0 Å². The van der Waals surface area contributed by atoms with E-state index >= 15 is 0 Å². The Hall–Kier alpha value is -2.94. The van der Waals surface area contributed by atoms with E-state index in [0.29, 0.717) is 22.5 Å². The number of rotatable bonds is 9. The number of halogens is 1. The van der Waals surface area contributed by atoms with Crippen molar-refractivity contribution in [1.82, 2.24) is 19.9 Å². The molecule has 32 heavy (non-hydrogen) atoms. The van der Waals surface area contributed by atoms with Crippen molar-refractivity contribution in [2.24, 2.45) is 0 Å². The highest BCUT2D eigenvalue weighted by molar-refractivity contribution is 6.30. The predicted molar refractivity (Wildman–Crippen MR) is 124 cm³/mol. The van der Waals surface area contributed by atoms with E-state index in [-0.39, 0.29) is 12.2 Å². The van der Waals surface area contributed by atoms with E-state index in [1.807, 2.05) is 12.1 Å². The summed E-state index contributed by atoms with van der Waals surface area (Å²) in [6.45, 7) is 3.56. The monoisotopic (exact) mass is 455 g/mol. The normalized spacial score (nSPS) is 14.3. The summed E-state index contributed by atoms with van der Waals surface area (Å²) < 4.78 is 12.6. The van der Waals surface area contributed by atoms with E-state index in [1.54, 1.807) is 36.8 Å². The molecule has 3 aromatic heterocycles. The van der Waals surface area contributed by atoms with Crippen LogP contribution in [-0.2, 0) is 11.3 Å². The summed E-state index contributed by atoms with van der Waals surface area (Å²) in [6, 6.07) is 11.0. The maximum absolute atomic E-state index is 12.5. The van der Waals surface area contributed by atoms with Gasteiger partial charge in [-0.25, -0.2) is 4.98 Å². The zero-order valence-corrected chi connectivity index (χ0v) is 18.4. The van der Waals surface area contributed by atoms with Gasteiger partial charge < -0.3 is 20.1 Å². The molecule has 0 aliphatic carbocycles. The van der Waals surface area contributed by atoms with Gasteiger partial charge in [-0.05, 0) is 43.2 Å². The van der Waals surface area contributed by atoms with E-state index in [9.17, 15) is 4.79 Å². The van der Waals surface area contributed by atoms with Crippen LogP contribution in [0.5, 0.6) is 5.75 Å². The number of pyridine rings is 3. The Bertz CT molecular complexity index is 1050. The first-order chi connectivity index (χ1) is 15.7. The van der Waals surface area contributed by atoms with Gasteiger partial charge in [-0.1, -0.05) is 11.6 Å². The van der Waals surface area contributed by atoms with Gasteiger partial charge >= 0.3 is 0 Å². The van der Waals surface area contributed by atoms with Crippen LogP contribution in [0.3, 0.4) is 0 Å². The van der Waals surface area contributed by atoms with Crippen LogP contribution in [0, 0.1) is 0 Å². The Morgan fingerprint density at radius 1 is 1.09 bits per heavy atom. The van der Waals surface area contributed by atoms with Gasteiger partial charge in [0.1, 0.15) is 18.2 Å². The van der Waals surface area contributed by atoms with Crippen molar-refractivity contribution in [3.05, 3.63) is 76.1 Å². The molecule has 0 saturated carbocycles. The summed E-state index contributed by atoms with van der Waals surface area (Å²) in [4.78, 5) is 21.1. The van der Waals surface area contributed by atoms with Gasteiger partial charge in [-0.2, -0.15) is 0 Å². The molecule has 168 valence electrons. The van der Waals surface area contributed by atoms with Crippen molar-refractivity contribution in [3.63, 3.8) is 0 Å². The number of anilines is 1. The van der Waals surface area contributed by atoms with Crippen molar-refractivity contribution in [1.29, 1.82) is 0 Å². The van der Waals surface area contributed by atoms with Crippen molar-refractivity contribution < 1.29 is 9.47 Å². The first-order valence-electron chi connectivity index (χ1n) is 10.6. The Morgan fingerprint density at radius 2 is 1.97 bits per heavy atom. The second-order valence-electron chi connectivity index (χ2n) is 7.50. The number of aromatic nitrogens is 3. The maximum Gasteiger partial charge on any atom is 0.258 e. The van der Waals surface area contributed by atoms with Crippen LogP contribution >= 0.6 is 11.6 Å². The molecule has 4 rings (SSSR count). The molecule has 0 amide bonds. The molecular formula is C23H26ClN5O3. The first-order valence-corrected chi connectivity index (χ1v) is 11.0. The van der Waals surface area contributed by atoms with Crippen LogP contribution in [-0.4, -0.2) is 46.9 Å². The van der Waals surface area contributed by atoms with Crippen LogP contribution in [0.15, 0.2) is 59.8 Å². The van der Waals surface area contributed by atoms with E-state index < -0.39 is 0 Å². The minimum Gasteiger partial charge on any atom is -0.487 e. The van der Waals surface area contributed by atoms with Crippen LogP contribution in [0.1, 0.15) is 18.5 Å². The second kappa shape index (κ2) is 11.1. The second-order valence-corrected chi connectivity index (χ2v) is 7.93. The number of nitrogens with zero attached hydrogens (tertiary/aromatic N) is 3. The highest BCUT2D eigenvalue weighted by Crippen LogP contribution is 2.13. The third-order valence-electron chi connectivity index (χ3n) is 5.18. The highest BCUT2D eigenvalue weighted by Gasteiger charge is 2.12. The first kappa shape index (κ1) is 22.3. The topological polar surface area (TPSA) is 90.3 Å². The van der Waals surface area contributed by atoms with Gasteiger partial charge in [-0.15, -0.1) is 0 Å². The molecule has 1 fully saturated rings. The van der Waals surface area contributed by atoms with Crippen molar-refractivity contribution in [3.8, 4) is 11.4 Å². The van der Waals surface area contributed by atoms with Crippen LogP contribution < -0.4 is 20.9 Å². The quantitative estimate of drug-likeness (QED) is 0.479. The molecule has 8 nitrogen and oxygen atoms in total. The summed E-state index contributed by atoms with van der Waals surface area (Å²) in [5.74, 6) is 1.25. The molecule has 0 unspecified atom stereocenters. The lowest BCUT2D eigenvalue weighted by Gasteiger charge is -2.23. The zero-order valence-electron chi connectivity index (χ0n) is 17.7. The third-order valence-corrected chi connectivity index (χ3v) is 5.40. The van der Waals surface area contributed by atoms with E-state index in [2.05, 4.69) is 20.6 Å². The van der Waals surface area contributed by atoms with E-state index in [0.717, 1.165) is 50.7 Å². The Balaban J connectivity index is 1.28. The Kier molecular flexibility index (Phi) is 7.71. The van der Waals surface area contributed by atoms with Crippen molar-refractivity contribution in [2.45, 2.75) is 25.5 Å². The lowest BCUT2D eigenvalue weighted by Crippen LogP contribution is -2.37. The fourth-order valence-corrected chi connectivity index (χ4v) is 3.53. The lowest BCUT2D eigenvalue weighted by molar-refractivity contribution is 0.0784. The molecule has 9 heteroatoms. The Morgan fingerprint density at radius 3 is 2.69 bits per heavy atom. The van der Waals surface area contributed by atoms with Crippen LogP contribution in [0.2, 0.25) is 5.02 Å². The molecule has 3 aromatic rings. The van der Waals surface area contributed by atoms with Gasteiger partial charge in [0.25, 0.3) is 5.56 Å². The largest absolute Gasteiger partial charge is 0.487 e. The average Bonchev–Trinajstić information content (AvgIpc) is 2.83. The molecule has 0 atom stereocenters. The summed E-state index contributed by atoms with van der Waals surface area (Å²) in [5, 5.41) is 7.39. The van der Waals surface area contributed by atoms with Crippen LogP contribution in [0.25, 0.3) is 5.69 Å². The molecular weight excluding hydrogens is 430 g/mol. The number of hydrogen-bond acceptors (Lipinski definition) is 7. The number of hydrogen-bond donors (Lipinski definition) is 2. The summed E-state index contributed by atoms with van der Waals surface area (Å²) in [5.41, 5.74) is 1.22. The SMILES string of the molecule is O=c1cc(OCc2ccc(Cl)cn2)ccn1-c1ccc(NCCNC2CCOCC2)nc1.